The zero-order valence-electron chi connectivity index (χ0n) is 25.2. The Labute approximate surface area is 285 Å². The van der Waals surface area contributed by atoms with Crippen molar-refractivity contribution < 1.29 is 0 Å². The zero-order valence-corrected chi connectivity index (χ0v) is 27.6. The number of hydrogen-bond acceptors (Lipinski definition) is 4. The highest BCUT2D eigenvalue weighted by molar-refractivity contribution is 7.26. The van der Waals surface area contributed by atoms with Crippen LogP contribution in [0.15, 0.2) is 164 Å². The van der Waals surface area contributed by atoms with E-state index in [-0.39, 0.29) is 0 Å². The van der Waals surface area contributed by atoms with Gasteiger partial charge in [0, 0.05) is 64.1 Å². The lowest BCUT2D eigenvalue weighted by molar-refractivity contribution is 1.29. The van der Waals surface area contributed by atoms with E-state index in [9.17, 15) is 0 Å². The lowest BCUT2D eigenvalue weighted by Gasteiger charge is -2.26. The van der Waals surface area contributed by atoms with Crippen LogP contribution < -0.4 is 9.80 Å². The molecule has 0 aliphatic carbocycles. The van der Waals surface area contributed by atoms with Crippen molar-refractivity contribution in [2.24, 2.45) is 0 Å². The maximum absolute atomic E-state index is 7.30. The predicted octanol–water partition coefficient (Wildman–Crippen LogP) is 14.0. The first kappa shape index (κ1) is 28.1. The molecule has 0 aliphatic rings. The van der Waals surface area contributed by atoms with Gasteiger partial charge in [-0.1, -0.05) is 96.5 Å². The van der Waals surface area contributed by atoms with Crippen LogP contribution in [0.5, 0.6) is 0 Å². The topological polar surface area (TPSA) is 6.48 Å². The lowest BCUT2D eigenvalue weighted by Crippen LogP contribution is -2.10. The minimum atomic E-state index is 0.774. The van der Waals surface area contributed by atoms with E-state index in [2.05, 4.69) is 174 Å². The van der Waals surface area contributed by atoms with E-state index in [4.69, 9.17) is 11.6 Å². The Balaban J connectivity index is 1.19. The van der Waals surface area contributed by atoms with Gasteiger partial charge in [0.05, 0.1) is 15.4 Å². The number of nitrogens with zero attached hydrogens (tertiary/aromatic N) is 2. The van der Waals surface area contributed by atoms with Crippen molar-refractivity contribution in [1.82, 2.24) is 0 Å². The lowest BCUT2D eigenvalue weighted by atomic mass is 10.1. The van der Waals surface area contributed by atoms with Crippen LogP contribution in [0.1, 0.15) is 0 Å². The van der Waals surface area contributed by atoms with Crippen molar-refractivity contribution in [3.8, 4) is 0 Å². The van der Waals surface area contributed by atoms with Crippen molar-refractivity contribution in [3.05, 3.63) is 169 Å². The van der Waals surface area contributed by atoms with Gasteiger partial charge < -0.3 is 9.80 Å². The van der Waals surface area contributed by atoms with Crippen LogP contribution in [0.2, 0.25) is 5.02 Å². The quantitative estimate of drug-likeness (QED) is 0.175. The molecule has 0 saturated heterocycles. The maximum Gasteiger partial charge on any atom is 0.0825 e. The van der Waals surface area contributed by atoms with Gasteiger partial charge in [0.1, 0.15) is 0 Å². The van der Waals surface area contributed by atoms with E-state index >= 15 is 0 Å². The van der Waals surface area contributed by atoms with Gasteiger partial charge in [0.25, 0.3) is 0 Å². The molecule has 224 valence electrons. The minimum Gasteiger partial charge on any atom is -0.310 e. The second kappa shape index (κ2) is 11.6. The van der Waals surface area contributed by atoms with Gasteiger partial charge >= 0.3 is 0 Å². The molecule has 5 heteroatoms. The monoisotopic (exact) mass is 658 g/mol. The smallest absolute Gasteiger partial charge is 0.0825 e. The normalized spacial score (nSPS) is 11.5. The van der Waals surface area contributed by atoms with E-state index in [1.54, 1.807) is 11.3 Å². The number of hydrogen-bond donors (Lipinski definition) is 0. The van der Waals surface area contributed by atoms with E-state index < -0.39 is 0 Å². The van der Waals surface area contributed by atoms with Gasteiger partial charge in [-0.2, -0.15) is 0 Å². The van der Waals surface area contributed by atoms with Crippen molar-refractivity contribution in [3.63, 3.8) is 0 Å². The average Bonchev–Trinajstić information content (AvgIpc) is 3.69. The summed E-state index contributed by atoms with van der Waals surface area (Å²) in [6.07, 6.45) is 0. The summed E-state index contributed by atoms with van der Waals surface area (Å²) >= 11 is 10.9. The molecule has 0 atom stereocenters. The van der Waals surface area contributed by atoms with Gasteiger partial charge in [0.15, 0.2) is 0 Å². The molecular formula is C42H27ClN2S2. The second-order valence-corrected chi connectivity index (χ2v) is 14.0. The Bertz CT molecular complexity index is 2500. The van der Waals surface area contributed by atoms with E-state index in [0.29, 0.717) is 0 Å². The number of thiophene rings is 2. The molecule has 7 aromatic carbocycles. The van der Waals surface area contributed by atoms with Gasteiger partial charge in [-0.3, -0.25) is 0 Å². The molecule has 0 amide bonds. The van der Waals surface area contributed by atoms with Crippen molar-refractivity contribution in [2.75, 3.05) is 9.80 Å². The van der Waals surface area contributed by atoms with Crippen LogP contribution >= 0.6 is 34.3 Å². The summed E-state index contributed by atoms with van der Waals surface area (Å²) in [5.74, 6) is 0. The Morgan fingerprint density at radius 2 is 0.894 bits per heavy atom. The summed E-state index contributed by atoms with van der Waals surface area (Å²) in [7, 11) is 0. The molecule has 0 aliphatic heterocycles. The highest BCUT2D eigenvalue weighted by Crippen LogP contribution is 2.48. The molecule has 9 rings (SSSR count). The number of benzene rings is 7. The molecule has 2 heterocycles. The Morgan fingerprint density at radius 1 is 0.362 bits per heavy atom. The molecule has 0 N–H and O–H groups in total. The molecule has 0 unspecified atom stereocenters. The largest absolute Gasteiger partial charge is 0.310 e. The zero-order chi connectivity index (χ0) is 31.3. The number of anilines is 6. The molecule has 0 saturated carbocycles. The predicted molar refractivity (Wildman–Crippen MR) is 207 cm³/mol. The van der Waals surface area contributed by atoms with Crippen LogP contribution in [0.4, 0.5) is 34.1 Å². The first-order chi connectivity index (χ1) is 23.2. The van der Waals surface area contributed by atoms with E-state index in [0.717, 1.165) is 43.8 Å². The van der Waals surface area contributed by atoms with Crippen molar-refractivity contribution in [2.45, 2.75) is 0 Å². The molecular weight excluding hydrogens is 632 g/mol. The number of rotatable bonds is 6. The molecule has 47 heavy (non-hydrogen) atoms. The fourth-order valence-electron chi connectivity index (χ4n) is 6.56. The van der Waals surface area contributed by atoms with Crippen LogP contribution in [-0.2, 0) is 0 Å². The minimum absolute atomic E-state index is 0.774. The fraction of sp³-hybridized carbons (Fsp3) is 0. The first-order valence-corrected chi connectivity index (χ1v) is 17.6. The summed E-state index contributed by atoms with van der Waals surface area (Å²) in [5, 5.41) is 5.72. The van der Waals surface area contributed by atoms with Gasteiger partial charge in [-0.15, -0.1) is 22.7 Å². The highest BCUT2D eigenvalue weighted by atomic mass is 35.5. The number of para-hydroxylation sites is 3. The molecule has 2 nitrogen and oxygen atoms in total. The number of halogens is 1. The molecule has 0 fully saturated rings. The summed E-state index contributed by atoms with van der Waals surface area (Å²) in [6.45, 7) is 0. The highest BCUT2D eigenvalue weighted by Gasteiger charge is 2.21. The SMILES string of the molecule is Clc1c(N(c2ccccc2)c2ccc3c(c2)sc2ccc(N(c4ccccc4)c4ccccc4)cc23)ccc2c1sc1ccccc12. The van der Waals surface area contributed by atoms with E-state index in [1.807, 2.05) is 11.3 Å². The Hall–Kier alpha value is -5.13. The third kappa shape index (κ3) is 4.85. The second-order valence-electron chi connectivity index (χ2n) is 11.5. The van der Waals surface area contributed by atoms with Crippen LogP contribution in [0, 0.1) is 0 Å². The van der Waals surface area contributed by atoms with Gasteiger partial charge in [0.2, 0.25) is 0 Å². The van der Waals surface area contributed by atoms with Crippen molar-refractivity contribution in [1.29, 1.82) is 0 Å². The Morgan fingerprint density at radius 3 is 1.60 bits per heavy atom. The summed E-state index contributed by atoms with van der Waals surface area (Å²) in [6, 6.07) is 58.2. The van der Waals surface area contributed by atoms with Crippen LogP contribution in [0.25, 0.3) is 40.3 Å². The summed E-state index contributed by atoms with van der Waals surface area (Å²) in [4.78, 5) is 4.61. The van der Waals surface area contributed by atoms with Gasteiger partial charge in [-0.25, -0.2) is 0 Å². The number of fused-ring (bicyclic) bond motifs is 6. The molecule has 0 spiro atoms. The summed E-state index contributed by atoms with van der Waals surface area (Å²) in [5.41, 5.74) is 6.51. The third-order valence-corrected chi connectivity index (χ3v) is 11.5. The first-order valence-electron chi connectivity index (χ1n) is 15.5. The molecule has 0 radical (unpaired) electrons. The third-order valence-electron chi connectivity index (χ3n) is 8.70. The van der Waals surface area contributed by atoms with Gasteiger partial charge in [-0.05, 0) is 78.9 Å². The van der Waals surface area contributed by atoms with Crippen LogP contribution in [0.3, 0.4) is 0 Å². The fourth-order valence-corrected chi connectivity index (χ4v) is 9.18. The molecule has 2 aromatic heterocycles. The Kier molecular flexibility index (Phi) is 6.93. The van der Waals surface area contributed by atoms with Crippen LogP contribution in [-0.4, -0.2) is 0 Å². The average molecular weight is 659 g/mol. The molecule has 0 bridgehead atoms. The maximum atomic E-state index is 7.30. The standard InChI is InChI=1S/C42H27ClN2S2/c43-41-37(24-23-35-33-18-10-11-19-38(33)47-42(35)41)45(30-16-8-3-9-17-30)32-20-22-34-36-26-31(21-25-39(36)46-40(34)27-32)44(28-12-4-1-5-13-28)29-14-6-2-7-15-29/h1-27H. The molecule has 9 aromatic rings. The van der Waals surface area contributed by atoms with E-state index in [1.165, 1.54) is 35.6 Å². The summed E-state index contributed by atoms with van der Waals surface area (Å²) < 4.78 is 4.86. The van der Waals surface area contributed by atoms with Crippen molar-refractivity contribution >= 4 is 109 Å².